The first-order chi connectivity index (χ1) is 14.9. The molecule has 0 N–H and O–H groups in total. The molecule has 0 bridgehead atoms. The maximum Gasteiger partial charge on any atom is 0.336 e. The Bertz CT molecular complexity index is 795. The minimum Gasteiger partial charge on any atom is -0.447 e. The number of ether oxygens (including phenoxy) is 3. The van der Waals surface area contributed by atoms with Crippen molar-refractivity contribution >= 4 is 17.5 Å². The van der Waals surface area contributed by atoms with E-state index in [-0.39, 0.29) is 17.7 Å². The maximum atomic E-state index is 12.8. The Morgan fingerprint density at radius 3 is 1.65 bits per heavy atom. The van der Waals surface area contributed by atoms with Crippen molar-refractivity contribution in [3.05, 3.63) is 71.8 Å². The van der Waals surface area contributed by atoms with Gasteiger partial charge in [0.25, 0.3) is 0 Å². The molecule has 168 valence electrons. The monoisotopic (exact) mass is 428 g/mol. The molecule has 6 nitrogen and oxygen atoms in total. The number of carbonyl (C=O) groups is 3. The molecule has 0 aliphatic heterocycles. The van der Waals surface area contributed by atoms with Gasteiger partial charge in [0.05, 0.1) is 0 Å². The Balaban J connectivity index is 0.000000512. The first-order valence-corrected chi connectivity index (χ1v) is 10.3. The lowest BCUT2D eigenvalue weighted by molar-refractivity contribution is -0.159. The molecule has 0 fully saturated rings. The fourth-order valence-corrected chi connectivity index (χ4v) is 2.90. The maximum absolute atomic E-state index is 12.8. The van der Waals surface area contributed by atoms with E-state index in [1.807, 2.05) is 38.1 Å². The van der Waals surface area contributed by atoms with Gasteiger partial charge >= 0.3 is 5.97 Å². The van der Waals surface area contributed by atoms with Gasteiger partial charge in [0.15, 0.2) is 18.0 Å². The van der Waals surface area contributed by atoms with Crippen molar-refractivity contribution in [2.75, 3.05) is 14.2 Å². The normalized spacial score (nSPS) is 13.2. The highest BCUT2D eigenvalue weighted by atomic mass is 16.6. The van der Waals surface area contributed by atoms with Crippen LogP contribution in [-0.4, -0.2) is 44.0 Å². The van der Waals surface area contributed by atoms with E-state index in [1.54, 1.807) is 43.5 Å². The number of carbonyl (C=O) groups excluding carboxylic acids is 3. The van der Waals surface area contributed by atoms with Crippen molar-refractivity contribution in [1.82, 2.24) is 0 Å². The van der Waals surface area contributed by atoms with Gasteiger partial charge in [0.2, 0.25) is 5.78 Å². The minimum atomic E-state index is -0.977. The average Bonchev–Trinajstić information content (AvgIpc) is 2.80. The predicted molar refractivity (Wildman–Crippen MR) is 119 cm³/mol. The van der Waals surface area contributed by atoms with Crippen LogP contribution < -0.4 is 0 Å². The molecule has 0 radical (unpaired) electrons. The van der Waals surface area contributed by atoms with E-state index in [1.165, 1.54) is 14.0 Å². The van der Waals surface area contributed by atoms with Crippen LogP contribution in [0.25, 0.3) is 0 Å². The van der Waals surface area contributed by atoms with Crippen molar-refractivity contribution in [2.45, 2.75) is 51.9 Å². The molecule has 0 saturated heterocycles. The van der Waals surface area contributed by atoms with Gasteiger partial charge in [-0.3, -0.25) is 9.59 Å². The van der Waals surface area contributed by atoms with Crippen LogP contribution in [0.2, 0.25) is 0 Å². The molecule has 0 aliphatic rings. The number of ketones is 2. The summed E-state index contributed by atoms with van der Waals surface area (Å²) in [5.41, 5.74) is 1.14. The number of hydrogen-bond donors (Lipinski definition) is 0. The molecule has 0 saturated carbocycles. The lowest BCUT2D eigenvalue weighted by atomic mass is 10.00. The zero-order valence-corrected chi connectivity index (χ0v) is 18.9. The molecule has 31 heavy (non-hydrogen) atoms. The largest absolute Gasteiger partial charge is 0.447 e. The lowest BCUT2D eigenvalue weighted by Crippen LogP contribution is -2.29. The van der Waals surface area contributed by atoms with Crippen LogP contribution in [0.4, 0.5) is 0 Å². The van der Waals surface area contributed by atoms with E-state index < -0.39 is 18.2 Å². The molecule has 3 unspecified atom stereocenters. The molecule has 0 spiro atoms. The van der Waals surface area contributed by atoms with Gasteiger partial charge in [0, 0.05) is 25.3 Å². The van der Waals surface area contributed by atoms with E-state index in [9.17, 15) is 14.4 Å². The zero-order chi connectivity index (χ0) is 23.2. The van der Waals surface area contributed by atoms with E-state index in [4.69, 9.17) is 14.2 Å². The van der Waals surface area contributed by atoms with Gasteiger partial charge in [-0.15, -0.1) is 0 Å². The first kappa shape index (κ1) is 26.2. The fourth-order valence-electron chi connectivity index (χ4n) is 2.90. The summed E-state index contributed by atoms with van der Waals surface area (Å²) in [6.07, 6.45) is -0.586. The third-order valence-corrected chi connectivity index (χ3v) is 4.66. The zero-order valence-electron chi connectivity index (χ0n) is 18.9. The molecule has 0 heterocycles. The molecule has 2 aromatic rings. The van der Waals surface area contributed by atoms with Crippen LogP contribution >= 0.6 is 0 Å². The molecule has 6 heteroatoms. The number of hydrogen-bond acceptors (Lipinski definition) is 6. The second kappa shape index (κ2) is 14.2. The summed E-state index contributed by atoms with van der Waals surface area (Å²) in [7, 11) is 3.00. The third-order valence-electron chi connectivity index (χ3n) is 4.66. The van der Waals surface area contributed by atoms with Gasteiger partial charge < -0.3 is 14.2 Å². The number of Topliss-reactive ketones (excluding diaryl/α,β-unsaturated/α-hetero) is 2. The van der Waals surface area contributed by atoms with Gasteiger partial charge in [-0.1, -0.05) is 74.5 Å². The Labute approximate surface area is 184 Å². The fraction of sp³-hybridized carbons (Fsp3) is 0.400. The number of benzene rings is 2. The van der Waals surface area contributed by atoms with Crippen molar-refractivity contribution < 1.29 is 28.6 Å². The summed E-state index contributed by atoms with van der Waals surface area (Å²) in [5.74, 6) is -0.681. The van der Waals surface area contributed by atoms with Crippen LogP contribution in [0, 0.1) is 0 Å². The quantitative estimate of drug-likeness (QED) is 0.407. The molecular formula is C25H32O6. The van der Waals surface area contributed by atoms with Gasteiger partial charge in [-0.25, -0.2) is 4.79 Å². The Morgan fingerprint density at radius 2 is 1.26 bits per heavy atom. The SMILES string of the molecule is CCC(OC)C(=O)OC(C(=O)c1ccccc1)c1ccccc1.CCC(OC)C(C)=O. The van der Waals surface area contributed by atoms with Crippen molar-refractivity contribution in [2.24, 2.45) is 0 Å². The Kier molecular flexibility index (Phi) is 12.0. The van der Waals surface area contributed by atoms with Crippen LogP contribution in [-0.2, 0) is 23.8 Å². The summed E-state index contributed by atoms with van der Waals surface area (Å²) in [6, 6.07) is 17.8. The van der Waals surface area contributed by atoms with Crippen LogP contribution in [0.5, 0.6) is 0 Å². The topological polar surface area (TPSA) is 78.9 Å². The highest BCUT2D eigenvalue weighted by Crippen LogP contribution is 2.23. The van der Waals surface area contributed by atoms with Crippen LogP contribution in [0.1, 0.15) is 55.6 Å². The van der Waals surface area contributed by atoms with Gasteiger partial charge in [0.1, 0.15) is 6.10 Å². The number of esters is 1. The van der Waals surface area contributed by atoms with E-state index in [0.717, 1.165) is 6.42 Å². The second-order valence-electron chi connectivity index (χ2n) is 6.83. The van der Waals surface area contributed by atoms with Crippen molar-refractivity contribution in [1.29, 1.82) is 0 Å². The summed E-state index contributed by atoms with van der Waals surface area (Å²) in [4.78, 5) is 35.5. The smallest absolute Gasteiger partial charge is 0.336 e. The molecular weight excluding hydrogens is 396 g/mol. The van der Waals surface area contributed by atoms with Gasteiger partial charge in [-0.05, 0) is 19.8 Å². The van der Waals surface area contributed by atoms with E-state index in [2.05, 4.69) is 0 Å². The molecule has 2 aromatic carbocycles. The Hall–Kier alpha value is -2.83. The van der Waals surface area contributed by atoms with Crippen molar-refractivity contribution in [3.8, 4) is 0 Å². The predicted octanol–water partition coefficient (Wildman–Crippen LogP) is 4.58. The highest BCUT2D eigenvalue weighted by Gasteiger charge is 2.29. The molecule has 0 amide bonds. The molecule has 2 rings (SSSR count). The van der Waals surface area contributed by atoms with E-state index >= 15 is 0 Å². The molecule has 3 atom stereocenters. The van der Waals surface area contributed by atoms with Crippen molar-refractivity contribution in [3.63, 3.8) is 0 Å². The number of methoxy groups -OCH3 is 2. The van der Waals surface area contributed by atoms with Gasteiger partial charge in [-0.2, -0.15) is 0 Å². The average molecular weight is 429 g/mol. The molecule has 0 aliphatic carbocycles. The third kappa shape index (κ3) is 8.44. The summed E-state index contributed by atoms with van der Waals surface area (Å²) < 4.78 is 15.4. The summed E-state index contributed by atoms with van der Waals surface area (Å²) in [6.45, 7) is 5.29. The van der Waals surface area contributed by atoms with E-state index in [0.29, 0.717) is 17.5 Å². The second-order valence-corrected chi connectivity index (χ2v) is 6.83. The first-order valence-electron chi connectivity index (χ1n) is 10.3. The minimum absolute atomic E-state index is 0.106. The lowest BCUT2D eigenvalue weighted by Gasteiger charge is -2.20. The Morgan fingerprint density at radius 1 is 0.774 bits per heavy atom. The standard InChI is InChI=1S/C19H20O4.C6H12O2/c1-3-16(22-2)19(21)23-18(15-12-8-5-9-13-15)17(20)14-10-6-4-7-11-14;1-4-6(8-3)5(2)7/h4-13,16,18H,3H2,1-2H3;6H,4H2,1-3H3. The van der Waals surface area contributed by atoms with Crippen LogP contribution in [0.3, 0.4) is 0 Å². The van der Waals surface area contributed by atoms with Crippen LogP contribution in [0.15, 0.2) is 60.7 Å². The summed E-state index contributed by atoms with van der Waals surface area (Å²) >= 11 is 0. The number of rotatable bonds is 10. The summed E-state index contributed by atoms with van der Waals surface area (Å²) in [5, 5.41) is 0. The highest BCUT2D eigenvalue weighted by molar-refractivity contribution is 6.01. The molecule has 0 aromatic heterocycles.